The van der Waals surface area contributed by atoms with Crippen LogP contribution in [-0.4, -0.2) is 6.10 Å². The first-order valence-corrected chi connectivity index (χ1v) is 4.24. The van der Waals surface area contributed by atoms with Gasteiger partial charge >= 0.3 is 0 Å². The maximum atomic E-state index is 5.45. The van der Waals surface area contributed by atoms with Gasteiger partial charge in [-0.05, 0) is 37.2 Å². The van der Waals surface area contributed by atoms with E-state index in [1.54, 1.807) is 5.57 Å². The van der Waals surface area contributed by atoms with Crippen LogP contribution in [0.1, 0.15) is 32.6 Å². The van der Waals surface area contributed by atoms with Crippen molar-refractivity contribution in [2.24, 2.45) is 5.92 Å². The third-order valence-electron chi connectivity index (χ3n) is 2.73. The number of hydrogen-bond acceptors (Lipinski definition) is 1. The molecule has 0 saturated heterocycles. The average molecular weight is 138 g/mol. The second-order valence-electron chi connectivity index (χ2n) is 3.33. The summed E-state index contributed by atoms with van der Waals surface area (Å²) in [5, 5.41) is 0. The van der Waals surface area contributed by atoms with Gasteiger partial charge in [-0.1, -0.05) is 6.92 Å². The highest BCUT2D eigenvalue weighted by Gasteiger charge is 2.29. The minimum atomic E-state index is 0.558. The first-order chi connectivity index (χ1) is 4.90. The number of fused-ring (bicyclic) bond motifs is 3. The van der Waals surface area contributed by atoms with E-state index in [9.17, 15) is 0 Å². The highest BCUT2D eigenvalue weighted by molar-refractivity contribution is 5.11. The van der Waals surface area contributed by atoms with Gasteiger partial charge in [-0.2, -0.15) is 0 Å². The van der Waals surface area contributed by atoms with Crippen molar-refractivity contribution in [3.05, 3.63) is 11.8 Å². The third kappa shape index (κ3) is 0.845. The summed E-state index contributed by atoms with van der Waals surface area (Å²) < 4.78 is 5.45. The van der Waals surface area contributed by atoms with Crippen molar-refractivity contribution in [1.29, 1.82) is 0 Å². The third-order valence-corrected chi connectivity index (χ3v) is 2.73. The zero-order valence-electron chi connectivity index (χ0n) is 6.47. The molecular weight excluding hydrogens is 124 g/mol. The van der Waals surface area contributed by atoms with Gasteiger partial charge in [-0.15, -0.1) is 0 Å². The van der Waals surface area contributed by atoms with Gasteiger partial charge in [0.25, 0.3) is 0 Å². The average Bonchev–Trinajstić information content (AvgIpc) is 2.06. The molecule has 1 heteroatoms. The minimum Gasteiger partial charge on any atom is -0.498 e. The molecule has 1 nitrogen and oxygen atoms in total. The second-order valence-corrected chi connectivity index (χ2v) is 3.33. The maximum Gasteiger partial charge on any atom is 0.0987 e. The quantitative estimate of drug-likeness (QED) is 0.541. The highest BCUT2D eigenvalue weighted by atomic mass is 16.5. The molecule has 1 saturated carbocycles. The van der Waals surface area contributed by atoms with Crippen LogP contribution < -0.4 is 0 Å². The Morgan fingerprint density at radius 1 is 1.70 bits per heavy atom. The van der Waals surface area contributed by atoms with Crippen molar-refractivity contribution in [2.45, 2.75) is 38.7 Å². The highest BCUT2D eigenvalue weighted by Crippen LogP contribution is 2.37. The first-order valence-electron chi connectivity index (χ1n) is 4.24. The molecule has 2 aliphatic heterocycles. The molecule has 3 rings (SSSR count). The Hall–Kier alpha value is -0.460. The Morgan fingerprint density at radius 3 is 2.90 bits per heavy atom. The summed E-state index contributed by atoms with van der Waals surface area (Å²) in [7, 11) is 0. The van der Waals surface area contributed by atoms with Crippen LogP contribution in [0.3, 0.4) is 0 Å². The van der Waals surface area contributed by atoms with Crippen LogP contribution in [0.15, 0.2) is 11.8 Å². The molecule has 56 valence electrons. The van der Waals surface area contributed by atoms with E-state index in [4.69, 9.17) is 4.74 Å². The predicted molar refractivity (Wildman–Crippen MR) is 40.6 cm³/mol. The maximum absolute atomic E-state index is 5.45. The molecule has 0 N–H and O–H groups in total. The summed E-state index contributed by atoms with van der Waals surface area (Å²) in [4.78, 5) is 0. The number of allylic oxidation sites excluding steroid dienone is 1. The van der Waals surface area contributed by atoms with Crippen molar-refractivity contribution in [3.63, 3.8) is 0 Å². The normalized spacial score (nSPS) is 37.1. The van der Waals surface area contributed by atoms with E-state index < -0.39 is 0 Å². The van der Waals surface area contributed by atoms with Gasteiger partial charge in [-0.25, -0.2) is 0 Å². The van der Waals surface area contributed by atoms with Crippen molar-refractivity contribution < 1.29 is 4.74 Å². The van der Waals surface area contributed by atoms with E-state index in [2.05, 4.69) is 6.92 Å². The van der Waals surface area contributed by atoms with E-state index in [-0.39, 0.29) is 0 Å². The van der Waals surface area contributed by atoms with Crippen LogP contribution in [0.2, 0.25) is 0 Å². The molecule has 0 radical (unpaired) electrons. The molecule has 0 aromatic rings. The molecule has 0 amide bonds. The lowest BCUT2D eigenvalue weighted by Gasteiger charge is -2.35. The summed E-state index contributed by atoms with van der Waals surface area (Å²) in [5.41, 5.74) is 1.56. The van der Waals surface area contributed by atoms with Gasteiger partial charge in [0.05, 0.1) is 12.4 Å². The lowest BCUT2D eigenvalue weighted by molar-refractivity contribution is 0.0653. The van der Waals surface area contributed by atoms with Crippen LogP contribution >= 0.6 is 0 Å². The first kappa shape index (κ1) is 6.26. The minimum absolute atomic E-state index is 0.558. The summed E-state index contributed by atoms with van der Waals surface area (Å²) in [6.07, 6.45) is 7.70. The van der Waals surface area contributed by atoms with E-state index >= 15 is 0 Å². The summed E-state index contributed by atoms with van der Waals surface area (Å²) >= 11 is 0. The Labute approximate surface area is 62.1 Å². The lowest BCUT2D eigenvalue weighted by atomic mass is 9.80. The molecule has 3 aliphatic rings. The van der Waals surface area contributed by atoms with Crippen LogP contribution in [0.4, 0.5) is 0 Å². The van der Waals surface area contributed by atoms with Crippen LogP contribution in [0.25, 0.3) is 0 Å². The van der Waals surface area contributed by atoms with Gasteiger partial charge in [0, 0.05) is 0 Å². The molecular formula is C9H14O. The smallest absolute Gasteiger partial charge is 0.0987 e. The fourth-order valence-corrected chi connectivity index (χ4v) is 2.01. The van der Waals surface area contributed by atoms with Gasteiger partial charge in [0.15, 0.2) is 0 Å². The Balaban J connectivity index is 2.15. The van der Waals surface area contributed by atoms with Crippen molar-refractivity contribution in [1.82, 2.24) is 0 Å². The number of hydrogen-bond donors (Lipinski definition) is 0. The Morgan fingerprint density at radius 2 is 2.60 bits per heavy atom. The van der Waals surface area contributed by atoms with E-state index in [1.165, 1.54) is 25.7 Å². The van der Waals surface area contributed by atoms with E-state index in [0.717, 1.165) is 5.92 Å². The Kier molecular flexibility index (Phi) is 1.44. The van der Waals surface area contributed by atoms with Gasteiger partial charge in [0.2, 0.25) is 0 Å². The molecule has 2 unspecified atom stereocenters. The standard InChI is InChI=1S/C9H14O/c1-2-7-5-9-4-3-8(7)6-10-9/h6-7,9H,2-5H2,1H3. The molecule has 0 spiro atoms. The number of ether oxygens (including phenoxy) is 1. The molecule has 1 fully saturated rings. The summed E-state index contributed by atoms with van der Waals surface area (Å²) in [6, 6.07) is 0. The SMILES string of the molecule is CCC1CC2CCC1=CO2. The van der Waals surface area contributed by atoms with Gasteiger partial charge in [0.1, 0.15) is 0 Å². The van der Waals surface area contributed by atoms with Gasteiger partial charge in [-0.3, -0.25) is 0 Å². The molecule has 10 heavy (non-hydrogen) atoms. The Bertz CT molecular complexity index is 160. The number of rotatable bonds is 1. The van der Waals surface area contributed by atoms with Crippen molar-refractivity contribution in [2.75, 3.05) is 0 Å². The fraction of sp³-hybridized carbons (Fsp3) is 0.778. The van der Waals surface area contributed by atoms with Crippen LogP contribution in [-0.2, 0) is 4.74 Å². The zero-order valence-corrected chi connectivity index (χ0v) is 6.47. The van der Waals surface area contributed by atoms with Crippen LogP contribution in [0.5, 0.6) is 0 Å². The van der Waals surface area contributed by atoms with Crippen molar-refractivity contribution in [3.8, 4) is 0 Å². The summed E-state index contributed by atoms with van der Waals surface area (Å²) in [5.74, 6) is 0.854. The molecule has 0 aromatic heterocycles. The second kappa shape index (κ2) is 2.30. The topological polar surface area (TPSA) is 9.23 Å². The monoisotopic (exact) mass is 138 g/mol. The van der Waals surface area contributed by atoms with Crippen LogP contribution in [0, 0.1) is 5.92 Å². The van der Waals surface area contributed by atoms with Gasteiger partial charge < -0.3 is 4.74 Å². The van der Waals surface area contributed by atoms with E-state index in [0.29, 0.717) is 6.10 Å². The zero-order chi connectivity index (χ0) is 6.97. The molecule has 2 heterocycles. The molecule has 2 atom stereocenters. The molecule has 2 bridgehead atoms. The van der Waals surface area contributed by atoms with E-state index in [1.807, 2.05) is 6.26 Å². The molecule has 0 aromatic carbocycles. The summed E-state index contributed by atoms with van der Waals surface area (Å²) in [6.45, 7) is 2.27. The lowest BCUT2D eigenvalue weighted by Crippen LogP contribution is -2.27. The molecule has 1 aliphatic carbocycles. The fourth-order valence-electron chi connectivity index (χ4n) is 2.01. The predicted octanol–water partition coefficient (Wildman–Crippen LogP) is 2.48. The van der Waals surface area contributed by atoms with Crippen molar-refractivity contribution >= 4 is 0 Å². The largest absolute Gasteiger partial charge is 0.498 e.